The fourth-order valence-corrected chi connectivity index (χ4v) is 3.66. The Morgan fingerprint density at radius 2 is 1.82 bits per heavy atom. The number of amides is 1. The maximum Gasteiger partial charge on any atom is 0.418 e. The molecule has 2 aromatic heterocycles. The number of H-pyrrole nitrogens is 1. The summed E-state index contributed by atoms with van der Waals surface area (Å²) in [5, 5.41) is 3.13. The molecule has 4 aromatic rings. The van der Waals surface area contributed by atoms with Gasteiger partial charge in [0.25, 0.3) is 0 Å². The second-order valence-electron chi connectivity index (χ2n) is 8.80. The summed E-state index contributed by atoms with van der Waals surface area (Å²) >= 11 is 0. The summed E-state index contributed by atoms with van der Waals surface area (Å²) in [6, 6.07) is 9.49. The average Bonchev–Trinajstić information content (AvgIpc) is 3.14. The van der Waals surface area contributed by atoms with Crippen molar-refractivity contribution in [3.63, 3.8) is 0 Å². The van der Waals surface area contributed by atoms with Gasteiger partial charge in [0.05, 0.1) is 16.5 Å². The SMILES string of the molecule is CC(C)(C)OC(=O)N[C@@H](Cc1c[nH]c2ccccc12)c1nc2c(C(F)(F)F)cccc2c(=O)o1. The number of carbonyl (C=O) groups is 1. The van der Waals surface area contributed by atoms with E-state index in [9.17, 15) is 22.8 Å². The molecule has 0 aliphatic rings. The van der Waals surface area contributed by atoms with E-state index in [1.807, 2.05) is 24.3 Å². The number of rotatable bonds is 4. The largest absolute Gasteiger partial charge is 0.444 e. The van der Waals surface area contributed by atoms with E-state index in [0.29, 0.717) is 0 Å². The van der Waals surface area contributed by atoms with Crippen molar-refractivity contribution in [2.45, 2.75) is 45.0 Å². The molecule has 0 spiro atoms. The molecule has 0 aliphatic carbocycles. The van der Waals surface area contributed by atoms with E-state index in [1.54, 1.807) is 27.0 Å². The summed E-state index contributed by atoms with van der Waals surface area (Å²) in [6.45, 7) is 5.02. The Balaban J connectivity index is 1.82. The van der Waals surface area contributed by atoms with Crippen LogP contribution in [-0.4, -0.2) is 21.7 Å². The van der Waals surface area contributed by atoms with Gasteiger partial charge in [-0.25, -0.2) is 14.6 Å². The summed E-state index contributed by atoms with van der Waals surface area (Å²) in [5.74, 6) is -0.356. The van der Waals surface area contributed by atoms with Gasteiger partial charge in [-0.1, -0.05) is 24.3 Å². The van der Waals surface area contributed by atoms with Gasteiger partial charge in [-0.15, -0.1) is 0 Å². The molecule has 2 heterocycles. The molecule has 34 heavy (non-hydrogen) atoms. The molecule has 0 aliphatic heterocycles. The second kappa shape index (κ2) is 8.51. The molecule has 7 nitrogen and oxygen atoms in total. The van der Waals surface area contributed by atoms with E-state index in [1.165, 1.54) is 6.07 Å². The van der Waals surface area contributed by atoms with Crippen molar-refractivity contribution in [2.24, 2.45) is 0 Å². The lowest BCUT2D eigenvalue weighted by Gasteiger charge is -2.23. The van der Waals surface area contributed by atoms with Crippen LogP contribution in [0.4, 0.5) is 18.0 Å². The van der Waals surface area contributed by atoms with Gasteiger partial charge in [0.15, 0.2) is 0 Å². The monoisotopic (exact) mass is 473 g/mol. The van der Waals surface area contributed by atoms with Gasteiger partial charge in [0, 0.05) is 23.5 Å². The second-order valence-corrected chi connectivity index (χ2v) is 8.80. The van der Waals surface area contributed by atoms with E-state index in [4.69, 9.17) is 9.15 Å². The van der Waals surface area contributed by atoms with E-state index in [-0.39, 0.29) is 17.7 Å². The van der Waals surface area contributed by atoms with E-state index in [2.05, 4.69) is 15.3 Å². The van der Waals surface area contributed by atoms with Crippen LogP contribution in [0.2, 0.25) is 0 Å². The number of fused-ring (bicyclic) bond motifs is 2. The van der Waals surface area contributed by atoms with Crippen LogP contribution in [0.15, 0.2) is 57.9 Å². The first-order chi connectivity index (χ1) is 15.9. The van der Waals surface area contributed by atoms with Crippen molar-refractivity contribution in [2.75, 3.05) is 0 Å². The van der Waals surface area contributed by atoms with Crippen molar-refractivity contribution < 1.29 is 27.1 Å². The van der Waals surface area contributed by atoms with Crippen LogP contribution in [0.5, 0.6) is 0 Å². The fraction of sp³-hybridized carbons (Fsp3) is 0.292. The molecule has 1 atom stereocenters. The number of alkyl carbamates (subject to hydrolysis) is 1. The van der Waals surface area contributed by atoms with Gasteiger partial charge < -0.3 is 19.5 Å². The molecule has 2 aromatic carbocycles. The van der Waals surface area contributed by atoms with E-state index >= 15 is 0 Å². The topological polar surface area (TPSA) is 97.2 Å². The number of nitrogens with one attached hydrogen (secondary N) is 2. The van der Waals surface area contributed by atoms with E-state index < -0.39 is 40.6 Å². The fourth-order valence-electron chi connectivity index (χ4n) is 3.66. The molecule has 0 saturated carbocycles. The highest BCUT2D eigenvalue weighted by molar-refractivity contribution is 5.83. The zero-order chi connectivity index (χ0) is 24.7. The van der Waals surface area contributed by atoms with Crippen LogP contribution >= 0.6 is 0 Å². The highest BCUT2D eigenvalue weighted by Gasteiger charge is 2.34. The summed E-state index contributed by atoms with van der Waals surface area (Å²) in [5.41, 5.74) is -1.85. The molecule has 0 radical (unpaired) electrons. The molecule has 178 valence electrons. The van der Waals surface area contributed by atoms with Crippen LogP contribution in [0.25, 0.3) is 21.8 Å². The lowest BCUT2D eigenvalue weighted by atomic mass is 10.0. The Morgan fingerprint density at radius 1 is 1.12 bits per heavy atom. The molecule has 1 amide bonds. The maximum atomic E-state index is 13.6. The first kappa shape index (κ1) is 23.3. The summed E-state index contributed by atoms with van der Waals surface area (Å²) in [7, 11) is 0. The summed E-state index contributed by atoms with van der Waals surface area (Å²) in [4.78, 5) is 32.3. The molecule has 10 heteroatoms. The van der Waals surface area contributed by atoms with Gasteiger partial charge in [-0.05, 0) is 44.5 Å². The van der Waals surface area contributed by atoms with Gasteiger partial charge >= 0.3 is 17.9 Å². The number of halogens is 3. The van der Waals surface area contributed by atoms with Crippen molar-refractivity contribution in [3.05, 3.63) is 76.1 Å². The molecule has 0 fully saturated rings. The molecule has 2 N–H and O–H groups in total. The Labute approximate surface area is 191 Å². The predicted octanol–water partition coefficient (Wildman–Crippen LogP) is 5.50. The van der Waals surface area contributed by atoms with Gasteiger partial charge in [0.2, 0.25) is 5.89 Å². The average molecular weight is 473 g/mol. The van der Waals surface area contributed by atoms with Crippen molar-refractivity contribution >= 4 is 27.9 Å². The molecule has 0 unspecified atom stereocenters. The molecule has 0 saturated heterocycles. The third-order valence-corrected chi connectivity index (χ3v) is 5.07. The summed E-state index contributed by atoms with van der Waals surface area (Å²) in [6.07, 6.45) is -3.76. The number of nitrogens with zero attached hydrogens (tertiary/aromatic N) is 1. The van der Waals surface area contributed by atoms with Gasteiger partial charge in [0.1, 0.15) is 11.6 Å². The lowest BCUT2D eigenvalue weighted by Crippen LogP contribution is -2.36. The van der Waals surface area contributed by atoms with Crippen LogP contribution in [-0.2, 0) is 17.3 Å². The number of hydrogen-bond donors (Lipinski definition) is 2. The first-order valence-corrected chi connectivity index (χ1v) is 10.5. The Kier molecular flexibility index (Phi) is 5.84. The van der Waals surface area contributed by atoms with Gasteiger partial charge in [-0.3, -0.25) is 0 Å². The minimum atomic E-state index is -4.73. The number of alkyl halides is 3. The molecule has 4 rings (SSSR count). The smallest absolute Gasteiger partial charge is 0.418 e. The minimum absolute atomic E-state index is 0.0822. The van der Waals surface area contributed by atoms with Gasteiger partial charge in [-0.2, -0.15) is 13.2 Å². The Morgan fingerprint density at radius 3 is 2.53 bits per heavy atom. The quantitative estimate of drug-likeness (QED) is 0.408. The van der Waals surface area contributed by atoms with Crippen molar-refractivity contribution in [3.8, 4) is 0 Å². The molecular weight excluding hydrogens is 451 g/mol. The van der Waals surface area contributed by atoms with Crippen molar-refractivity contribution in [1.82, 2.24) is 15.3 Å². The zero-order valence-corrected chi connectivity index (χ0v) is 18.6. The Hall–Kier alpha value is -3.82. The lowest BCUT2D eigenvalue weighted by molar-refractivity contribution is -0.136. The molecule has 0 bridgehead atoms. The highest BCUT2D eigenvalue weighted by Crippen LogP contribution is 2.34. The normalized spacial score (nSPS) is 13.2. The van der Waals surface area contributed by atoms with Crippen molar-refractivity contribution in [1.29, 1.82) is 0 Å². The standard InChI is InChI=1S/C24H22F3N3O4/c1-23(2,3)34-22(32)29-18(11-13-12-28-17-10-5-4-7-14(13)17)20-30-19-15(21(31)33-20)8-6-9-16(19)24(25,26)27/h4-10,12,18,28H,11H2,1-3H3,(H,29,32)/t18-/m0/s1. The third-order valence-electron chi connectivity index (χ3n) is 5.07. The maximum absolute atomic E-state index is 13.6. The zero-order valence-electron chi connectivity index (χ0n) is 18.6. The Bertz CT molecular complexity index is 1420. The molecular formula is C24H22F3N3O4. The number of ether oxygens (including phenoxy) is 1. The van der Waals surface area contributed by atoms with Crippen LogP contribution in [0.3, 0.4) is 0 Å². The number of benzene rings is 2. The number of hydrogen-bond acceptors (Lipinski definition) is 5. The highest BCUT2D eigenvalue weighted by atomic mass is 19.4. The first-order valence-electron chi connectivity index (χ1n) is 10.5. The number of para-hydroxylation sites is 2. The third kappa shape index (κ3) is 4.90. The van der Waals surface area contributed by atoms with E-state index in [0.717, 1.165) is 28.6 Å². The van der Waals surface area contributed by atoms with Crippen LogP contribution < -0.4 is 10.9 Å². The summed E-state index contributed by atoms with van der Waals surface area (Å²) < 4.78 is 51.4. The number of carbonyl (C=O) groups excluding carboxylic acids is 1. The predicted molar refractivity (Wildman–Crippen MR) is 119 cm³/mol. The number of aromatic nitrogens is 2. The van der Waals surface area contributed by atoms with Crippen LogP contribution in [0.1, 0.15) is 43.8 Å². The number of aromatic amines is 1. The van der Waals surface area contributed by atoms with Crippen LogP contribution in [0, 0.1) is 0 Å². The minimum Gasteiger partial charge on any atom is -0.444 e.